The number of nitrogens with zero attached hydrogens (tertiary/aromatic N) is 4. The fraction of sp³-hybridized carbons (Fsp3) is 0.714. The maximum Gasteiger partial charge on any atom is 0.406 e. The van der Waals surface area contributed by atoms with Gasteiger partial charge in [0.15, 0.2) is 11.2 Å². The summed E-state index contributed by atoms with van der Waals surface area (Å²) in [7, 11) is 0. The second-order valence-corrected chi connectivity index (χ2v) is 8.40. The Hall–Kier alpha value is -2.59. The lowest BCUT2D eigenvalue weighted by Gasteiger charge is -2.23. The van der Waals surface area contributed by atoms with Crippen LogP contribution in [-0.2, 0) is 24.3 Å². The number of amides is 1. The molecular formula is C21H32F3N5O3. The molecular weight excluding hydrogens is 427 g/mol. The molecule has 0 saturated carbocycles. The number of aryl methyl sites for hydroxylation is 2. The molecule has 0 fully saturated rings. The van der Waals surface area contributed by atoms with Crippen LogP contribution in [0.4, 0.5) is 13.2 Å². The Balaban J connectivity index is 2.43. The SMILES string of the molecule is CCCCn1c(=O)[nH]c(=O)c2c1nc(CCC(=O)N(CCC)CC(F)(F)F)n2CC(C)C. The summed E-state index contributed by atoms with van der Waals surface area (Å²) in [5, 5.41) is 0. The second kappa shape index (κ2) is 10.8. The number of unbranched alkanes of at least 4 members (excludes halogenated alkanes) is 1. The molecule has 0 aromatic carbocycles. The molecule has 0 radical (unpaired) electrons. The summed E-state index contributed by atoms with van der Waals surface area (Å²) in [6.45, 7) is 7.12. The number of carbonyl (C=O) groups excluding carboxylic acids is 1. The van der Waals surface area contributed by atoms with Gasteiger partial charge in [0.2, 0.25) is 5.91 Å². The quantitative estimate of drug-likeness (QED) is 0.559. The summed E-state index contributed by atoms with van der Waals surface area (Å²) < 4.78 is 41.6. The molecule has 0 aliphatic heterocycles. The zero-order valence-corrected chi connectivity index (χ0v) is 19.1. The number of halogens is 3. The zero-order valence-electron chi connectivity index (χ0n) is 19.1. The van der Waals surface area contributed by atoms with E-state index in [4.69, 9.17) is 0 Å². The van der Waals surface area contributed by atoms with E-state index in [-0.39, 0.29) is 36.5 Å². The highest BCUT2D eigenvalue weighted by molar-refractivity contribution is 5.77. The maximum atomic E-state index is 12.8. The van der Waals surface area contributed by atoms with E-state index in [0.29, 0.717) is 25.3 Å². The number of hydrogen-bond donors (Lipinski definition) is 1. The summed E-state index contributed by atoms with van der Waals surface area (Å²) in [6.07, 6.45) is -2.61. The molecule has 180 valence electrons. The van der Waals surface area contributed by atoms with Gasteiger partial charge in [0.05, 0.1) is 0 Å². The van der Waals surface area contributed by atoms with Gasteiger partial charge in [0.25, 0.3) is 5.56 Å². The maximum absolute atomic E-state index is 12.8. The van der Waals surface area contributed by atoms with Crippen LogP contribution in [0.1, 0.15) is 59.2 Å². The Kier molecular flexibility index (Phi) is 8.68. The molecule has 2 heterocycles. The third-order valence-electron chi connectivity index (χ3n) is 5.03. The van der Waals surface area contributed by atoms with Crippen LogP contribution in [-0.4, -0.2) is 49.2 Å². The summed E-state index contributed by atoms with van der Waals surface area (Å²) >= 11 is 0. The number of carbonyl (C=O) groups is 1. The average molecular weight is 460 g/mol. The van der Waals surface area contributed by atoms with Crippen molar-refractivity contribution in [1.82, 2.24) is 24.0 Å². The minimum Gasteiger partial charge on any atom is -0.334 e. The van der Waals surface area contributed by atoms with Crippen LogP contribution in [0.15, 0.2) is 9.59 Å². The predicted molar refractivity (Wildman–Crippen MR) is 116 cm³/mol. The fourth-order valence-electron chi connectivity index (χ4n) is 3.65. The molecule has 0 unspecified atom stereocenters. The summed E-state index contributed by atoms with van der Waals surface area (Å²) in [6, 6.07) is 0. The third kappa shape index (κ3) is 6.46. The van der Waals surface area contributed by atoms with E-state index in [1.807, 2.05) is 20.8 Å². The number of imidazole rings is 1. The molecule has 8 nitrogen and oxygen atoms in total. The monoisotopic (exact) mass is 459 g/mol. The van der Waals surface area contributed by atoms with Gasteiger partial charge >= 0.3 is 11.9 Å². The molecule has 0 spiro atoms. The highest BCUT2D eigenvalue weighted by Gasteiger charge is 2.32. The third-order valence-corrected chi connectivity index (χ3v) is 5.03. The molecule has 1 N–H and O–H groups in total. The fourth-order valence-corrected chi connectivity index (χ4v) is 3.65. The van der Waals surface area contributed by atoms with Gasteiger partial charge < -0.3 is 9.47 Å². The van der Waals surface area contributed by atoms with Gasteiger partial charge in [-0.25, -0.2) is 9.78 Å². The molecule has 11 heteroatoms. The van der Waals surface area contributed by atoms with Crippen LogP contribution < -0.4 is 11.2 Å². The zero-order chi connectivity index (χ0) is 24.1. The Morgan fingerprint density at radius 3 is 2.41 bits per heavy atom. The number of alkyl halides is 3. The van der Waals surface area contributed by atoms with E-state index >= 15 is 0 Å². The molecule has 32 heavy (non-hydrogen) atoms. The van der Waals surface area contributed by atoms with E-state index in [0.717, 1.165) is 17.7 Å². The molecule has 2 aromatic rings. The lowest BCUT2D eigenvalue weighted by Crippen LogP contribution is -2.39. The van der Waals surface area contributed by atoms with Gasteiger partial charge in [-0.2, -0.15) is 13.2 Å². The van der Waals surface area contributed by atoms with Crippen molar-refractivity contribution in [3.05, 3.63) is 26.7 Å². The van der Waals surface area contributed by atoms with Crippen molar-refractivity contribution in [2.24, 2.45) is 5.92 Å². The van der Waals surface area contributed by atoms with Crippen LogP contribution in [0.25, 0.3) is 11.2 Å². The van der Waals surface area contributed by atoms with Crippen LogP contribution in [0.2, 0.25) is 0 Å². The van der Waals surface area contributed by atoms with Crippen molar-refractivity contribution in [3.63, 3.8) is 0 Å². The number of fused-ring (bicyclic) bond motifs is 1. The first-order chi connectivity index (χ1) is 15.0. The van der Waals surface area contributed by atoms with Gasteiger partial charge in [0.1, 0.15) is 12.4 Å². The number of rotatable bonds is 11. The van der Waals surface area contributed by atoms with Crippen molar-refractivity contribution in [2.45, 2.75) is 79.1 Å². The molecule has 0 aliphatic rings. The van der Waals surface area contributed by atoms with Crippen LogP contribution in [0.5, 0.6) is 0 Å². The summed E-state index contributed by atoms with van der Waals surface area (Å²) in [5.41, 5.74) is -0.617. The van der Waals surface area contributed by atoms with Crippen LogP contribution in [0.3, 0.4) is 0 Å². The van der Waals surface area contributed by atoms with Gasteiger partial charge in [-0.05, 0) is 18.8 Å². The van der Waals surface area contributed by atoms with Crippen LogP contribution in [0, 0.1) is 5.92 Å². The van der Waals surface area contributed by atoms with E-state index in [9.17, 15) is 27.6 Å². The van der Waals surface area contributed by atoms with Gasteiger partial charge in [-0.3, -0.25) is 19.1 Å². The first-order valence-electron chi connectivity index (χ1n) is 11.0. The van der Waals surface area contributed by atoms with Gasteiger partial charge in [-0.15, -0.1) is 0 Å². The Morgan fingerprint density at radius 2 is 1.84 bits per heavy atom. The van der Waals surface area contributed by atoms with E-state index in [2.05, 4.69) is 9.97 Å². The first-order valence-corrected chi connectivity index (χ1v) is 11.0. The molecule has 0 aliphatic carbocycles. The number of hydrogen-bond acceptors (Lipinski definition) is 4. The molecule has 2 rings (SSSR count). The Bertz CT molecular complexity index is 1040. The Labute approximate surface area is 184 Å². The first kappa shape index (κ1) is 25.7. The minimum atomic E-state index is -4.47. The minimum absolute atomic E-state index is 0.0109. The number of nitrogens with one attached hydrogen (secondary N) is 1. The molecule has 2 aromatic heterocycles. The molecule has 0 atom stereocenters. The predicted octanol–water partition coefficient (Wildman–Crippen LogP) is 3.08. The summed E-state index contributed by atoms with van der Waals surface area (Å²) in [5.74, 6) is -0.0736. The Morgan fingerprint density at radius 1 is 1.16 bits per heavy atom. The smallest absolute Gasteiger partial charge is 0.334 e. The highest BCUT2D eigenvalue weighted by atomic mass is 19.4. The number of aromatic nitrogens is 4. The molecule has 0 saturated heterocycles. The highest BCUT2D eigenvalue weighted by Crippen LogP contribution is 2.19. The van der Waals surface area contributed by atoms with E-state index in [1.165, 1.54) is 4.57 Å². The van der Waals surface area contributed by atoms with Crippen molar-refractivity contribution in [3.8, 4) is 0 Å². The van der Waals surface area contributed by atoms with E-state index < -0.39 is 29.9 Å². The molecule has 0 bridgehead atoms. The van der Waals surface area contributed by atoms with Crippen molar-refractivity contribution >= 4 is 17.1 Å². The lowest BCUT2D eigenvalue weighted by molar-refractivity contribution is -0.161. The summed E-state index contributed by atoms with van der Waals surface area (Å²) in [4.78, 5) is 45.1. The standard InChI is InChI=1S/C21H32F3N5O3/c1-5-7-11-28-18-17(19(31)26-20(28)32)29(12-14(3)4)15(25-18)8-9-16(30)27(10-6-2)13-21(22,23)24/h14H,5-13H2,1-4H3,(H,26,31,32). The number of H-pyrrole nitrogens is 1. The van der Waals surface area contributed by atoms with Crippen molar-refractivity contribution in [1.29, 1.82) is 0 Å². The normalized spacial score (nSPS) is 12.1. The number of aromatic amines is 1. The topological polar surface area (TPSA) is 93.0 Å². The lowest BCUT2D eigenvalue weighted by atomic mass is 10.2. The molecule has 1 amide bonds. The van der Waals surface area contributed by atoms with E-state index in [1.54, 1.807) is 11.5 Å². The second-order valence-electron chi connectivity index (χ2n) is 8.40. The van der Waals surface area contributed by atoms with Gasteiger partial charge in [-0.1, -0.05) is 34.1 Å². The van der Waals surface area contributed by atoms with Crippen LogP contribution >= 0.6 is 0 Å². The largest absolute Gasteiger partial charge is 0.406 e. The average Bonchev–Trinajstić information content (AvgIpc) is 3.02. The van der Waals surface area contributed by atoms with Gasteiger partial charge in [0, 0.05) is 32.5 Å². The van der Waals surface area contributed by atoms with Crippen molar-refractivity contribution in [2.75, 3.05) is 13.1 Å². The van der Waals surface area contributed by atoms with Crippen molar-refractivity contribution < 1.29 is 18.0 Å².